The quantitative estimate of drug-likeness (QED) is 0.633. The van der Waals surface area contributed by atoms with E-state index in [0.29, 0.717) is 6.42 Å². The van der Waals surface area contributed by atoms with E-state index in [2.05, 4.69) is 5.32 Å². The molecule has 0 aromatic rings. The van der Waals surface area contributed by atoms with Gasteiger partial charge in [-0.3, -0.25) is 14.4 Å². The first kappa shape index (κ1) is 14.1. The maximum absolute atomic E-state index is 11.3. The van der Waals surface area contributed by atoms with Crippen molar-refractivity contribution in [2.75, 3.05) is 0 Å². The van der Waals surface area contributed by atoms with Gasteiger partial charge < -0.3 is 11.1 Å². The summed E-state index contributed by atoms with van der Waals surface area (Å²) in [6, 6.07) is 0.555. The molecule has 0 fully saturated rings. The third kappa shape index (κ3) is 5.10. The van der Waals surface area contributed by atoms with Gasteiger partial charge in [-0.25, -0.2) is 0 Å². The van der Waals surface area contributed by atoms with Crippen LogP contribution in [0, 0.1) is 17.2 Å². The van der Waals surface area contributed by atoms with Crippen LogP contribution < -0.4 is 11.1 Å². The number of amides is 2. The molecule has 6 heteroatoms. The molecule has 2 amide bonds. The molecule has 2 atom stereocenters. The highest BCUT2D eigenvalue weighted by atomic mass is 16.2. The van der Waals surface area contributed by atoms with Crippen LogP contribution in [0.1, 0.15) is 26.7 Å². The second kappa shape index (κ2) is 6.56. The molecule has 0 bridgehead atoms. The molecule has 6 nitrogen and oxygen atoms in total. The van der Waals surface area contributed by atoms with Gasteiger partial charge in [-0.05, 0) is 13.3 Å². The van der Waals surface area contributed by atoms with Gasteiger partial charge in [-0.15, -0.1) is 0 Å². The van der Waals surface area contributed by atoms with Crippen LogP contribution in [-0.2, 0) is 14.4 Å². The van der Waals surface area contributed by atoms with Crippen LogP contribution in [-0.4, -0.2) is 23.6 Å². The number of Topliss-reactive ketones (excluding diaryl/α,β-unsaturated/α-hetero) is 1. The summed E-state index contributed by atoms with van der Waals surface area (Å²) in [5, 5.41) is 10.8. The Morgan fingerprint density at radius 2 is 2.00 bits per heavy atom. The van der Waals surface area contributed by atoms with Crippen LogP contribution in [0.2, 0.25) is 0 Å². The third-order valence-electron chi connectivity index (χ3n) is 2.13. The molecule has 3 N–H and O–H groups in total. The highest BCUT2D eigenvalue weighted by molar-refractivity contribution is 5.89. The second-order valence-corrected chi connectivity index (χ2v) is 3.58. The zero-order valence-electron chi connectivity index (χ0n) is 9.32. The molecule has 0 saturated heterocycles. The maximum atomic E-state index is 11.3. The number of ketones is 1. The molecule has 0 aliphatic rings. The average Bonchev–Trinajstić information content (AvgIpc) is 2.21. The van der Waals surface area contributed by atoms with E-state index in [1.165, 1.54) is 6.92 Å². The van der Waals surface area contributed by atoms with Gasteiger partial charge in [0.25, 0.3) is 0 Å². The van der Waals surface area contributed by atoms with Crippen LogP contribution in [0.15, 0.2) is 0 Å². The Hall–Kier alpha value is -1.90. The normalized spacial score (nSPS) is 13.3. The lowest BCUT2D eigenvalue weighted by Crippen LogP contribution is -2.38. The van der Waals surface area contributed by atoms with Crippen LogP contribution in [0.3, 0.4) is 0 Å². The average molecular weight is 225 g/mol. The smallest absolute Gasteiger partial charge is 0.221 e. The largest absolute Gasteiger partial charge is 0.369 e. The molecule has 0 saturated carbocycles. The number of nitrogens with one attached hydrogen (secondary N) is 1. The SMILES string of the molecule is CC(=O)C(C#N)NC(=O)CCC(C)C(N)=O. The molecule has 0 radical (unpaired) electrons. The van der Waals surface area contributed by atoms with Gasteiger partial charge in [0.1, 0.15) is 0 Å². The van der Waals surface area contributed by atoms with E-state index in [4.69, 9.17) is 11.0 Å². The zero-order chi connectivity index (χ0) is 12.7. The van der Waals surface area contributed by atoms with E-state index in [1.807, 2.05) is 0 Å². The summed E-state index contributed by atoms with van der Waals surface area (Å²) in [6.45, 7) is 2.84. The van der Waals surface area contributed by atoms with Crippen LogP contribution >= 0.6 is 0 Å². The molecule has 2 unspecified atom stereocenters. The lowest BCUT2D eigenvalue weighted by molar-refractivity contribution is -0.126. The van der Waals surface area contributed by atoms with Crippen molar-refractivity contribution < 1.29 is 14.4 Å². The summed E-state index contributed by atoms with van der Waals surface area (Å²) in [5.74, 6) is -1.73. The number of hydrogen-bond acceptors (Lipinski definition) is 4. The lowest BCUT2D eigenvalue weighted by atomic mass is 10.0. The molecule has 16 heavy (non-hydrogen) atoms. The second-order valence-electron chi connectivity index (χ2n) is 3.58. The fourth-order valence-corrected chi connectivity index (χ4v) is 0.948. The first-order valence-electron chi connectivity index (χ1n) is 4.87. The molecular formula is C10H15N3O3. The monoisotopic (exact) mass is 225 g/mol. The van der Waals surface area contributed by atoms with Gasteiger partial charge in [0.15, 0.2) is 11.8 Å². The molecular weight excluding hydrogens is 210 g/mol. The summed E-state index contributed by atoms with van der Waals surface area (Å²) in [7, 11) is 0. The Bertz CT molecular complexity index is 333. The topological polar surface area (TPSA) is 113 Å². The number of nitrogens with two attached hydrogens (primary N) is 1. The minimum Gasteiger partial charge on any atom is -0.369 e. The van der Waals surface area contributed by atoms with E-state index in [0.717, 1.165) is 0 Å². The molecule has 0 aromatic heterocycles. The van der Waals surface area contributed by atoms with Crippen molar-refractivity contribution in [3.63, 3.8) is 0 Å². The summed E-state index contributed by atoms with van der Waals surface area (Å²) in [5.41, 5.74) is 5.02. The molecule has 0 aromatic carbocycles. The van der Waals surface area contributed by atoms with E-state index in [-0.39, 0.29) is 6.42 Å². The Labute approximate surface area is 93.8 Å². The summed E-state index contributed by atoms with van der Waals surface area (Å²) < 4.78 is 0. The van der Waals surface area contributed by atoms with Crippen LogP contribution in [0.5, 0.6) is 0 Å². The number of nitrogens with zero attached hydrogens (tertiary/aromatic N) is 1. The van der Waals surface area contributed by atoms with E-state index in [1.54, 1.807) is 13.0 Å². The van der Waals surface area contributed by atoms with Crippen molar-refractivity contribution in [1.82, 2.24) is 5.32 Å². The predicted octanol–water partition coefficient (Wildman–Crippen LogP) is -0.515. The Morgan fingerprint density at radius 1 is 1.44 bits per heavy atom. The van der Waals surface area contributed by atoms with Crippen molar-refractivity contribution >= 4 is 17.6 Å². The third-order valence-corrected chi connectivity index (χ3v) is 2.13. The Balaban J connectivity index is 4.05. The zero-order valence-corrected chi connectivity index (χ0v) is 9.32. The van der Waals surface area contributed by atoms with Crippen molar-refractivity contribution in [3.05, 3.63) is 0 Å². The summed E-state index contributed by atoms with van der Waals surface area (Å²) >= 11 is 0. The summed E-state index contributed by atoms with van der Waals surface area (Å²) in [6.07, 6.45) is 0.368. The Morgan fingerprint density at radius 3 is 2.38 bits per heavy atom. The lowest BCUT2D eigenvalue weighted by Gasteiger charge is -2.09. The number of carbonyl (C=O) groups excluding carboxylic acids is 3. The molecule has 0 heterocycles. The fraction of sp³-hybridized carbons (Fsp3) is 0.600. The minimum absolute atomic E-state index is 0.0650. The molecule has 0 aliphatic carbocycles. The van der Waals surface area contributed by atoms with Crippen molar-refractivity contribution in [2.45, 2.75) is 32.7 Å². The van der Waals surface area contributed by atoms with Gasteiger partial charge in [-0.1, -0.05) is 6.92 Å². The molecule has 88 valence electrons. The standard InChI is InChI=1S/C10H15N3O3/c1-6(10(12)16)3-4-9(15)13-8(5-11)7(2)14/h6,8H,3-4H2,1-2H3,(H2,12,16)(H,13,15). The molecule has 0 aliphatic heterocycles. The number of nitriles is 1. The van der Waals surface area contributed by atoms with E-state index >= 15 is 0 Å². The minimum atomic E-state index is -1.11. The number of carbonyl (C=O) groups is 3. The Kier molecular flexibility index (Phi) is 5.78. The summed E-state index contributed by atoms with van der Waals surface area (Å²) in [4.78, 5) is 32.8. The first-order chi connectivity index (χ1) is 7.38. The highest BCUT2D eigenvalue weighted by Crippen LogP contribution is 2.04. The van der Waals surface area contributed by atoms with Crippen molar-refractivity contribution in [3.8, 4) is 6.07 Å². The van der Waals surface area contributed by atoms with E-state index in [9.17, 15) is 14.4 Å². The van der Waals surface area contributed by atoms with Crippen LogP contribution in [0.4, 0.5) is 0 Å². The maximum Gasteiger partial charge on any atom is 0.221 e. The van der Waals surface area contributed by atoms with Crippen molar-refractivity contribution in [1.29, 1.82) is 5.26 Å². The molecule has 0 spiro atoms. The van der Waals surface area contributed by atoms with E-state index < -0.39 is 29.6 Å². The highest BCUT2D eigenvalue weighted by Gasteiger charge is 2.17. The van der Waals surface area contributed by atoms with Gasteiger partial charge in [0.2, 0.25) is 11.8 Å². The number of rotatable bonds is 6. The van der Waals surface area contributed by atoms with Gasteiger partial charge in [0.05, 0.1) is 6.07 Å². The molecule has 0 rings (SSSR count). The number of primary amides is 1. The fourth-order valence-electron chi connectivity index (χ4n) is 0.948. The van der Waals surface area contributed by atoms with Gasteiger partial charge in [0, 0.05) is 12.3 Å². The predicted molar refractivity (Wildman–Crippen MR) is 55.8 cm³/mol. The van der Waals surface area contributed by atoms with Crippen LogP contribution in [0.25, 0.3) is 0 Å². The van der Waals surface area contributed by atoms with Gasteiger partial charge in [-0.2, -0.15) is 5.26 Å². The van der Waals surface area contributed by atoms with Gasteiger partial charge >= 0.3 is 0 Å². The first-order valence-corrected chi connectivity index (χ1v) is 4.87. The van der Waals surface area contributed by atoms with Crippen molar-refractivity contribution in [2.24, 2.45) is 11.7 Å². The number of hydrogen-bond donors (Lipinski definition) is 2.